The predicted molar refractivity (Wildman–Crippen MR) is 50.7 cm³/mol. The Morgan fingerprint density at radius 2 is 1.64 bits per heavy atom. The van der Waals surface area contributed by atoms with Crippen molar-refractivity contribution in [2.45, 2.75) is 20.8 Å². The van der Waals surface area contributed by atoms with E-state index in [1.54, 1.807) is 0 Å². The molecule has 0 bridgehead atoms. The van der Waals surface area contributed by atoms with Gasteiger partial charge in [-0.05, 0) is 31.2 Å². The van der Waals surface area contributed by atoms with Gasteiger partial charge in [-0.3, -0.25) is 0 Å². The van der Waals surface area contributed by atoms with E-state index in [2.05, 4.69) is 51.1 Å². The van der Waals surface area contributed by atoms with Crippen molar-refractivity contribution in [1.29, 1.82) is 0 Å². The van der Waals surface area contributed by atoms with Crippen molar-refractivity contribution in [2.75, 3.05) is 0 Å². The molecule has 1 rings (SSSR count). The molecule has 0 heterocycles. The average molecular weight is 146 g/mol. The number of rotatable bonds is 0. The van der Waals surface area contributed by atoms with Gasteiger partial charge in [0.2, 0.25) is 0 Å². The fourth-order valence-electron chi connectivity index (χ4n) is 1.21. The van der Waals surface area contributed by atoms with Gasteiger partial charge in [-0.15, -0.1) is 0 Å². The van der Waals surface area contributed by atoms with Crippen LogP contribution in [-0.2, 0) is 0 Å². The van der Waals surface area contributed by atoms with Gasteiger partial charge < -0.3 is 0 Å². The van der Waals surface area contributed by atoms with Crippen molar-refractivity contribution < 1.29 is 0 Å². The Labute approximate surface area is 67.9 Å². The first-order valence-electron chi connectivity index (χ1n) is 3.97. The summed E-state index contributed by atoms with van der Waals surface area (Å²) in [5, 5.41) is 2.64. The molecule has 58 valence electrons. The van der Waals surface area contributed by atoms with Crippen LogP contribution in [0.4, 0.5) is 0 Å². The molecule has 0 saturated carbocycles. The summed E-state index contributed by atoms with van der Waals surface area (Å²) in [6.45, 7) is 6.26. The lowest BCUT2D eigenvalue weighted by atomic mass is 10.1. The van der Waals surface area contributed by atoms with E-state index in [9.17, 15) is 0 Å². The van der Waals surface area contributed by atoms with Crippen LogP contribution >= 0.6 is 0 Å². The number of aryl methyl sites for hydroxylation is 1. The lowest BCUT2D eigenvalue weighted by molar-refractivity contribution is 1.39. The smallest absolute Gasteiger partial charge is 0.0227 e. The third-order valence-electron chi connectivity index (χ3n) is 1.86. The highest BCUT2D eigenvalue weighted by Crippen LogP contribution is 1.85. The minimum Gasteiger partial charge on any atom is -0.0798 e. The molecule has 11 heavy (non-hydrogen) atoms. The maximum Gasteiger partial charge on any atom is -0.0227 e. The lowest BCUT2D eigenvalue weighted by Crippen LogP contribution is -2.23. The zero-order valence-electron chi connectivity index (χ0n) is 7.39. The Kier molecular flexibility index (Phi) is 2.48. The molecular formula is C11H14. The van der Waals surface area contributed by atoms with Gasteiger partial charge in [0.15, 0.2) is 0 Å². The van der Waals surface area contributed by atoms with Crippen LogP contribution in [0.2, 0.25) is 0 Å². The summed E-state index contributed by atoms with van der Waals surface area (Å²) in [5.41, 5.74) is 1.32. The van der Waals surface area contributed by atoms with Crippen LogP contribution in [0.1, 0.15) is 19.4 Å². The molecule has 0 atom stereocenters. The molecule has 0 unspecified atom stereocenters. The standard InChI is InChI=1S/C11H14/c1-4-10-7-6-9(3)8-11(10)5-2/h4-8H,1-3H3/b10-4-,11-5-. The van der Waals surface area contributed by atoms with E-state index in [1.807, 2.05) is 0 Å². The van der Waals surface area contributed by atoms with Crippen LogP contribution in [-0.4, -0.2) is 0 Å². The van der Waals surface area contributed by atoms with Crippen LogP contribution in [0.5, 0.6) is 0 Å². The first kappa shape index (κ1) is 8.06. The molecule has 0 saturated heterocycles. The van der Waals surface area contributed by atoms with Crippen LogP contribution in [0.15, 0.2) is 18.2 Å². The van der Waals surface area contributed by atoms with Crippen molar-refractivity contribution in [3.63, 3.8) is 0 Å². The van der Waals surface area contributed by atoms with E-state index in [4.69, 9.17) is 0 Å². The second-order valence-corrected chi connectivity index (χ2v) is 2.71. The van der Waals surface area contributed by atoms with Crippen molar-refractivity contribution in [3.05, 3.63) is 34.2 Å². The van der Waals surface area contributed by atoms with Gasteiger partial charge in [-0.2, -0.15) is 0 Å². The molecule has 0 nitrogen and oxygen atoms in total. The molecular weight excluding hydrogens is 132 g/mol. The first-order chi connectivity index (χ1) is 5.27. The molecule has 0 aliphatic carbocycles. The molecule has 0 aromatic heterocycles. The van der Waals surface area contributed by atoms with Gasteiger partial charge in [-0.1, -0.05) is 35.9 Å². The maximum absolute atomic E-state index is 2.20. The summed E-state index contributed by atoms with van der Waals surface area (Å²) in [6, 6.07) is 6.50. The summed E-state index contributed by atoms with van der Waals surface area (Å²) in [4.78, 5) is 0. The van der Waals surface area contributed by atoms with E-state index in [0.717, 1.165) is 0 Å². The van der Waals surface area contributed by atoms with Gasteiger partial charge in [0.25, 0.3) is 0 Å². The Morgan fingerprint density at radius 1 is 1.00 bits per heavy atom. The van der Waals surface area contributed by atoms with E-state index in [1.165, 1.54) is 16.0 Å². The Balaban J connectivity index is 3.55. The number of benzene rings is 1. The summed E-state index contributed by atoms with van der Waals surface area (Å²) >= 11 is 0. The molecule has 0 fully saturated rings. The predicted octanol–water partition coefficient (Wildman–Crippen LogP) is 1.60. The maximum atomic E-state index is 2.20. The first-order valence-corrected chi connectivity index (χ1v) is 3.97. The fraction of sp³-hybridized carbons (Fsp3) is 0.273. The second-order valence-electron chi connectivity index (χ2n) is 2.71. The quantitative estimate of drug-likeness (QED) is 0.521. The zero-order valence-corrected chi connectivity index (χ0v) is 7.39. The van der Waals surface area contributed by atoms with Gasteiger partial charge in [0.1, 0.15) is 0 Å². The normalized spacial score (nSPS) is 14.1. The Hall–Kier alpha value is -1.04. The molecule has 0 heteroatoms. The molecule has 0 aliphatic heterocycles. The summed E-state index contributed by atoms with van der Waals surface area (Å²) < 4.78 is 0. The number of hydrogen-bond donors (Lipinski definition) is 0. The van der Waals surface area contributed by atoms with Crippen molar-refractivity contribution in [3.8, 4) is 0 Å². The van der Waals surface area contributed by atoms with Crippen LogP contribution < -0.4 is 10.4 Å². The molecule has 1 aromatic carbocycles. The molecule has 0 amide bonds. The Bertz CT molecular complexity index is 345. The summed E-state index contributed by atoms with van der Waals surface area (Å²) in [7, 11) is 0. The summed E-state index contributed by atoms with van der Waals surface area (Å²) in [6.07, 6.45) is 4.27. The minimum absolute atomic E-state index is 1.32. The molecule has 0 spiro atoms. The second kappa shape index (κ2) is 3.38. The van der Waals surface area contributed by atoms with Crippen LogP contribution in [0, 0.1) is 6.92 Å². The highest BCUT2D eigenvalue weighted by atomic mass is 13.9. The topological polar surface area (TPSA) is 0 Å². The fourth-order valence-corrected chi connectivity index (χ4v) is 1.21. The van der Waals surface area contributed by atoms with E-state index in [0.29, 0.717) is 0 Å². The monoisotopic (exact) mass is 146 g/mol. The third kappa shape index (κ3) is 1.70. The Morgan fingerprint density at radius 3 is 2.18 bits per heavy atom. The largest absolute Gasteiger partial charge is 0.0798 e. The van der Waals surface area contributed by atoms with E-state index in [-0.39, 0.29) is 0 Å². The van der Waals surface area contributed by atoms with Crippen LogP contribution in [0.3, 0.4) is 0 Å². The average Bonchev–Trinajstić information content (AvgIpc) is 2.04. The van der Waals surface area contributed by atoms with E-state index >= 15 is 0 Å². The highest BCUT2D eigenvalue weighted by Gasteiger charge is 1.83. The summed E-state index contributed by atoms with van der Waals surface area (Å²) in [5.74, 6) is 0. The van der Waals surface area contributed by atoms with Crippen molar-refractivity contribution in [2.24, 2.45) is 0 Å². The van der Waals surface area contributed by atoms with Gasteiger partial charge in [0, 0.05) is 0 Å². The molecule has 1 aromatic rings. The minimum atomic E-state index is 1.32. The molecule has 0 aliphatic rings. The zero-order chi connectivity index (χ0) is 8.27. The highest BCUT2D eigenvalue weighted by molar-refractivity contribution is 5.31. The van der Waals surface area contributed by atoms with Crippen LogP contribution in [0.25, 0.3) is 12.2 Å². The van der Waals surface area contributed by atoms with Crippen molar-refractivity contribution in [1.82, 2.24) is 0 Å². The third-order valence-corrected chi connectivity index (χ3v) is 1.86. The van der Waals surface area contributed by atoms with Gasteiger partial charge in [0.05, 0.1) is 0 Å². The van der Waals surface area contributed by atoms with Gasteiger partial charge >= 0.3 is 0 Å². The van der Waals surface area contributed by atoms with Gasteiger partial charge in [-0.25, -0.2) is 0 Å². The number of hydrogen-bond acceptors (Lipinski definition) is 0. The molecule has 0 radical (unpaired) electrons. The van der Waals surface area contributed by atoms with Crippen molar-refractivity contribution >= 4 is 12.2 Å². The van der Waals surface area contributed by atoms with E-state index < -0.39 is 0 Å². The molecule has 0 N–H and O–H groups in total. The lowest BCUT2D eigenvalue weighted by Gasteiger charge is -1.91. The SMILES string of the molecule is C/C=c1/ccc(C)c/c1=C/C.